The minimum Gasteiger partial charge on any atom is -0.279 e. The van der Waals surface area contributed by atoms with Crippen molar-refractivity contribution in [1.82, 2.24) is 0 Å². The maximum absolute atomic E-state index is 11.6. The molecule has 0 aliphatic carbocycles. The van der Waals surface area contributed by atoms with Crippen LogP contribution in [0.15, 0.2) is 4.99 Å². The quantitative estimate of drug-likeness (QED) is 0.503. The Morgan fingerprint density at radius 3 is 3.14 bits per heavy atom. The molecule has 7 heavy (non-hydrogen) atoms. The Morgan fingerprint density at radius 1 is 2.00 bits per heavy atom. The van der Waals surface area contributed by atoms with Crippen molar-refractivity contribution >= 4 is 17.3 Å². The van der Waals surface area contributed by atoms with Crippen molar-refractivity contribution in [2.45, 2.75) is 6.04 Å². The summed E-state index contributed by atoms with van der Waals surface area (Å²) in [7, 11) is 0. The first-order chi connectivity index (χ1) is 3.43. The van der Waals surface area contributed by atoms with E-state index in [1.165, 1.54) is 0 Å². The van der Waals surface area contributed by atoms with Gasteiger partial charge in [0.2, 0.25) is 0 Å². The van der Waals surface area contributed by atoms with Crippen molar-refractivity contribution in [2.24, 2.45) is 4.99 Å². The largest absolute Gasteiger partial charge is 0.279 e. The van der Waals surface area contributed by atoms with E-state index in [0.29, 0.717) is 0 Å². The molecular formula is C4H6FNS. The van der Waals surface area contributed by atoms with E-state index in [4.69, 9.17) is 0 Å². The number of nitrogens with zero attached hydrogens (tertiary/aromatic N) is 1. The normalized spacial score (nSPS) is 29.0. The lowest BCUT2D eigenvalue weighted by atomic mass is 10.4. The fourth-order valence-corrected chi connectivity index (χ4v) is 1.15. The zero-order chi connectivity index (χ0) is 5.11. The molecule has 0 N–H and O–H groups in total. The van der Waals surface area contributed by atoms with E-state index in [0.717, 1.165) is 5.75 Å². The number of hydrogen-bond donors (Lipinski definition) is 0. The van der Waals surface area contributed by atoms with Crippen LogP contribution in [0.4, 0.5) is 4.39 Å². The molecule has 0 radical (unpaired) electrons. The van der Waals surface area contributed by atoms with E-state index < -0.39 is 0 Å². The van der Waals surface area contributed by atoms with Gasteiger partial charge in [0, 0.05) is 5.75 Å². The number of hydrogen-bond acceptors (Lipinski definition) is 2. The molecule has 3 heteroatoms. The van der Waals surface area contributed by atoms with E-state index in [2.05, 4.69) is 4.99 Å². The van der Waals surface area contributed by atoms with Crippen molar-refractivity contribution in [2.75, 3.05) is 12.4 Å². The topological polar surface area (TPSA) is 12.4 Å². The molecule has 0 aromatic rings. The van der Waals surface area contributed by atoms with Crippen molar-refractivity contribution in [3.8, 4) is 0 Å². The summed E-state index contributed by atoms with van der Waals surface area (Å²) in [6.45, 7) is -0.302. The van der Waals surface area contributed by atoms with Crippen LogP contribution in [-0.2, 0) is 0 Å². The van der Waals surface area contributed by atoms with Crippen LogP contribution in [0.25, 0.3) is 0 Å². The summed E-state index contributed by atoms with van der Waals surface area (Å²) in [6.07, 6.45) is 0. The fraction of sp³-hybridized carbons (Fsp3) is 0.750. The lowest BCUT2D eigenvalue weighted by Crippen LogP contribution is -2.04. The van der Waals surface area contributed by atoms with Gasteiger partial charge in [0.15, 0.2) is 0 Å². The summed E-state index contributed by atoms with van der Waals surface area (Å²) in [5, 5.41) is 0. The number of rotatable bonds is 1. The van der Waals surface area contributed by atoms with E-state index in [-0.39, 0.29) is 12.7 Å². The molecule has 0 saturated carbocycles. The molecule has 1 nitrogen and oxygen atoms in total. The highest BCUT2D eigenvalue weighted by Gasteiger charge is 2.08. The van der Waals surface area contributed by atoms with Crippen LogP contribution >= 0.6 is 11.8 Å². The second-order valence-electron chi connectivity index (χ2n) is 1.40. The predicted molar refractivity (Wildman–Crippen MR) is 30.7 cm³/mol. The van der Waals surface area contributed by atoms with Gasteiger partial charge in [0.05, 0.1) is 11.6 Å². The number of halogens is 1. The summed E-state index contributed by atoms with van der Waals surface area (Å²) in [5.74, 6) is 0.830. The van der Waals surface area contributed by atoms with Crippen LogP contribution < -0.4 is 0 Å². The van der Waals surface area contributed by atoms with Crippen molar-refractivity contribution < 1.29 is 4.39 Å². The Labute approximate surface area is 46.0 Å². The van der Waals surface area contributed by atoms with Gasteiger partial charge in [0.25, 0.3) is 0 Å². The molecule has 0 fully saturated rings. The number of alkyl halides is 1. The van der Waals surface area contributed by atoms with E-state index >= 15 is 0 Å². The predicted octanol–water partition coefficient (Wildman–Crippen LogP) is 1.10. The first-order valence-corrected chi connectivity index (χ1v) is 3.17. The molecule has 0 aromatic heterocycles. The second kappa shape index (κ2) is 2.31. The molecule has 1 rings (SSSR count). The monoisotopic (exact) mass is 119 g/mol. The summed E-state index contributed by atoms with van der Waals surface area (Å²) in [6, 6.07) is -0.0370. The van der Waals surface area contributed by atoms with Gasteiger partial charge in [-0.15, -0.1) is 11.8 Å². The van der Waals surface area contributed by atoms with Crippen LogP contribution in [0, 0.1) is 0 Å². The zero-order valence-electron chi connectivity index (χ0n) is 3.80. The average molecular weight is 119 g/mol. The van der Waals surface area contributed by atoms with Gasteiger partial charge in [-0.25, -0.2) is 4.39 Å². The van der Waals surface area contributed by atoms with E-state index in [1.807, 2.05) is 0 Å². The third-order valence-corrected chi connectivity index (χ3v) is 1.66. The minimum absolute atomic E-state index is 0.0370. The van der Waals surface area contributed by atoms with Crippen LogP contribution in [0.2, 0.25) is 0 Å². The summed E-state index contributed by atoms with van der Waals surface area (Å²) in [4.78, 5) is 3.82. The lowest BCUT2D eigenvalue weighted by Gasteiger charge is -1.93. The van der Waals surface area contributed by atoms with E-state index in [1.54, 1.807) is 17.3 Å². The Bertz CT molecular complexity index is 83.8. The Balaban J connectivity index is 2.28. The highest BCUT2D eigenvalue weighted by Crippen LogP contribution is 2.10. The molecule has 0 bridgehead atoms. The summed E-state index contributed by atoms with van der Waals surface area (Å²) in [5.41, 5.74) is 1.71. The number of aliphatic imine (C=N–C) groups is 1. The Kier molecular flexibility index (Phi) is 1.68. The van der Waals surface area contributed by atoms with Gasteiger partial charge >= 0.3 is 0 Å². The van der Waals surface area contributed by atoms with Crippen LogP contribution in [-0.4, -0.2) is 24.0 Å². The average Bonchev–Trinajstić information content (AvgIpc) is 2.14. The molecule has 1 aliphatic rings. The number of thioether (sulfide) groups is 1. The Morgan fingerprint density at radius 2 is 2.86 bits per heavy atom. The summed E-state index contributed by atoms with van der Waals surface area (Å²) < 4.78 is 11.6. The molecule has 0 saturated heterocycles. The molecule has 40 valence electrons. The van der Waals surface area contributed by atoms with Crippen LogP contribution in [0.5, 0.6) is 0 Å². The van der Waals surface area contributed by atoms with Gasteiger partial charge < -0.3 is 0 Å². The summed E-state index contributed by atoms with van der Waals surface area (Å²) >= 11 is 1.58. The maximum atomic E-state index is 11.6. The second-order valence-corrected chi connectivity index (χ2v) is 2.27. The van der Waals surface area contributed by atoms with Crippen molar-refractivity contribution in [3.63, 3.8) is 0 Å². The zero-order valence-corrected chi connectivity index (χ0v) is 4.62. The lowest BCUT2D eigenvalue weighted by molar-refractivity contribution is 0.453. The third kappa shape index (κ3) is 1.16. The van der Waals surface area contributed by atoms with Crippen molar-refractivity contribution in [3.05, 3.63) is 0 Å². The van der Waals surface area contributed by atoms with Crippen LogP contribution in [0.3, 0.4) is 0 Å². The van der Waals surface area contributed by atoms with Gasteiger partial charge in [-0.3, -0.25) is 4.99 Å². The van der Waals surface area contributed by atoms with Crippen LogP contribution in [0.1, 0.15) is 0 Å². The van der Waals surface area contributed by atoms with E-state index in [9.17, 15) is 4.39 Å². The van der Waals surface area contributed by atoms with Crippen molar-refractivity contribution in [1.29, 1.82) is 0 Å². The standard InChI is InChI=1S/C4H6FNS/c5-1-4-2-7-3-6-4/h3-4H,1-2H2. The van der Waals surface area contributed by atoms with Gasteiger partial charge in [0.1, 0.15) is 6.67 Å². The maximum Gasteiger partial charge on any atom is 0.113 e. The van der Waals surface area contributed by atoms with Gasteiger partial charge in [-0.1, -0.05) is 0 Å². The van der Waals surface area contributed by atoms with Gasteiger partial charge in [-0.2, -0.15) is 0 Å². The molecule has 1 unspecified atom stereocenters. The molecular weight excluding hydrogens is 113 g/mol. The Hall–Kier alpha value is -0.0500. The SMILES string of the molecule is FCC1CSC=N1. The third-order valence-electron chi connectivity index (χ3n) is 0.813. The first-order valence-electron chi connectivity index (χ1n) is 2.12. The molecule has 1 heterocycles. The molecule has 0 amide bonds. The smallest absolute Gasteiger partial charge is 0.113 e. The molecule has 0 spiro atoms. The fourth-order valence-electron chi connectivity index (χ4n) is 0.411. The molecule has 0 aromatic carbocycles. The minimum atomic E-state index is -0.302. The van der Waals surface area contributed by atoms with Gasteiger partial charge in [-0.05, 0) is 0 Å². The highest BCUT2D eigenvalue weighted by molar-refractivity contribution is 8.12. The first kappa shape index (κ1) is 5.09. The molecule has 1 aliphatic heterocycles. The highest BCUT2D eigenvalue weighted by atomic mass is 32.2. The molecule has 1 atom stereocenters.